The molecule has 2 fully saturated rings. The molecule has 4 unspecified atom stereocenters. The fraction of sp³-hybridized carbons (Fsp3) is 0.368. The van der Waals surface area contributed by atoms with Crippen LogP contribution in [0.25, 0.3) is 0 Å². The van der Waals surface area contributed by atoms with E-state index in [1.165, 1.54) is 5.56 Å². The van der Waals surface area contributed by atoms with Gasteiger partial charge in [0.05, 0.1) is 10.5 Å². The lowest BCUT2D eigenvalue weighted by molar-refractivity contribution is 0.332. The highest BCUT2D eigenvalue weighted by atomic mass is 32.2. The average molecular weight is 341 g/mol. The lowest BCUT2D eigenvalue weighted by atomic mass is 9.96. The first-order chi connectivity index (χ1) is 11.7. The fourth-order valence-corrected chi connectivity index (χ4v) is 6.27. The van der Waals surface area contributed by atoms with Gasteiger partial charge in [-0.3, -0.25) is 9.53 Å². The van der Waals surface area contributed by atoms with Crippen molar-refractivity contribution in [2.75, 3.05) is 6.67 Å². The molecule has 0 radical (unpaired) electrons. The topological polar surface area (TPSA) is 55.4 Å². The lowest BCUT2D eigenvalue weighted by Gasteiger charge is -2.32. The van der Waals surface area contributed by atoms with Crippen LogP contribution in [0.15, 0.2) is 60.7 Å². The molecule has 2 aromatic carbocycles. The molecule has 0 bridgehead atoms. The molecule has 2 saturated heterocycles. The van der Waals surface area contributed by atoms with Gasteiger partial charge in [-0.2, -0.15) is 0 Å². The Labute approximate surface area is 144 Å². The molecular weight excluding hydrogens is 320 g/mol. The third-order valence-electron chi connectivity index (χ3n) is 5.12. The van der Waals surface area contributed by atoms with Crippen molar-refractivity contribution in [3.63, 3.8) is 0 Å². The Morgan fingerprint density at radius 3 is 2.08 bits per heavy atom. The standard InChI is InChI=1S/C19H21N2O2S/c22-21-13-20-18-16(11-14-7-3-1-4-8-14)24(23)17(19(18)21)12-15-9-5-2-6-10-15/h1-10,16-20H,11-13H2/q-1/t16?,17?,18?,19-,24?/m0/s1. The summed E-state index contributed by atoms with van der Waals surface area (Å²) in [5.74, 6) is 0. The van der Waals surface area contributed by atoms with Gasteiger partial charge in [0.15, 0.2) is 0 Å². The van der Waals surface area contributed by atoms with Crippen LogP contribution in [0.3, 0.4) is 0 Å². The quantitative estimate of drug-likeness (QED) is 0.925. The van der Waals surface area contributed by atoms with E-state index in [1.807, 2.05) is 48.5 Å². The van der Waals surface area contributed by atoms with E-state index in [1.54, 1.807) is 0 Å². The van der Waals surface area contributed by atoms with Crippen LogP contribution in [0.2, 0.25) is 0 Å². The van der Waals surface area contributed by atoms with E-state index < -0.39 is 10.8 Å². The molecule has 2 aromatic rings. The molecule has 1 N–H and O–H groups in total. The molecular formula is C19H21N2O2S-. The maximum absolute atomic E-state index is 13.2. The summed E-state index contributed by atoms with van der Waals surface area (Å²) in [7, 11) is -1.03. The molecule has 126 valence electrons. The second-order valence-corrected chi connectivity index (χ2v) is 8.45. The smallest absolute Gasteiger partial charge is 0.0560 e. The van der Waals surface area contributed by atoms with Crippen molar-refractivity contribution in [3.05, 3.63) is 77.0 Å². The van der Waals surface area contributed by atoms with Crippen molar-refractivity contribution >= 4 is 10.8 Å². The van der Waals surface area contributed by atoms with E-state index in [9.17, 15) is 9.42 Å². The number of hydrogen-bond donors (Lipinski definition) is 1. The normalized spacial score (nSPS) is 32.8. The second-order valence-electron chi connectivity index (χ2n) is 6.58. The lowest BCUT2D eigenvalue weighted by Crippen LogP contribution is -2.40. The van der Waals surface area contributed by atoms with Gasteiger partial charge in [-0.15, -0.1) is 0 Å². The Morgan fingerprint density at radius 1 is 0.958 bits per heavy atom. The third-order valence-corrected chi connectivity index (χ3v) is 7.22. The molecule has 4 nitrogen and oxygen atoms in total. The summed E-state index contributed by atoms with van der Waals surface area (Å²) < 4.78 is 13.2. The summed E-state index contributed by atoms with van der Waals surface area (Å²) >= 11 is 0. The van der Waals surface area contributed by atoms with Crippen molar-refractivity contribution in [1.82, 2.24) is 10.4 Å². The molecule has 0 saturated carbocycles. The first kappa shape index (κ1) is 16.0. The van der Waals surface area contributed by atoms with Crippen LogP contribution in [0.5, 0.6) is 0 Å². The van der Waals surface area contributed by atoms with Crippen LogP contribution in [0.4, 0.5) is 0 Å². The monoisotopic (exact) mass is 341 g/mol. The first-order valence-corrected chi connectivity index (χ1v) is 9.66. The molecule has 5 atom stereocenters. The number of nitrogens with zero attached hydrogens (tertiary/aromatic N) is 1. The minimum Gasteiger partial charge on any atom is -0.784 e. The first-order valence-electron chi connectivity index (χ1n) is 8.38. The Hall–Kier alpha value is -1.53. The van der Waals surface area contributed by atoms with E-state index in [0.717, 1.165) is 17.0 Å². The van der Waals surface area contributed by atoms with Crippen LogP contribution in [-0.2, 0) is 23.6 Å². The SMILES string of the molecule is O=S1C(Cc2ccccc2)C2NCN([O-])[C@H]2C1Cc1ccccc1. The van der Waals surface area contributed by atoms with Crippen LogP contribution in [0, 0.1) is 5.21 Å². The van der Waals surface area contributed by atoms with Gasteiger partial charge in [-0.1, -0.05) is 60.7 Å². The number of benzene rings is 2. The van der Waals surface area contributed by atoms with E-state index in [0.29, 0.717) is 13.1 Å². The molecule has 2 aliphatic rings. The summed E-state index contributed by atoms with van der Waals surface area (Å²) in [6.07, 6.45) is 1.45. The van der Waals surface area contributed by atoms with Gasteiger partial charge in [0.1, 0.15) is 0 Å². The fourth-order valence-electron chi connectivity index (χ4n) is 3.98. The zero-order valence-corrected chi connectivity index (χ0v) is 14.2. The number of fused-ring (bicyclic) bond motifs is 1. The van der Waals surface area contributed by atoms with Gasteiger partial charge in [0.25, 0.3) is 0 Å². The molecule has 2 aliphatic heterocycles. The number of hydroxylamine groups is 2. The van der Waals surface area contributed by atoms with Crippen molar-refractivity contribution < 1.29 is 4.21 Å². The number of rotatable bonds is 4. The highest BCUT2D eigenvalue weighted by Gasteiger charge is 2.51. The van der Waals surface area contributed by atoms with E-state index in [4.69, 9.17) is 0 Å². The average Bonchev–Trinajstić information content (AvgIpc) is 3.11. The highest BCUT2D eigenvalue weighted by Crippen LogP contribution is 2.35. The van der Waals surface area contributed by atoms with Gasteiger partial charge in [-0.25, -0.2) is 0 Å². The van der Waals surface area contributed by atoms with Crippen molar-refractivity contribution in [2.45, 2.75) is 35.4 Å². The van der Waals surface area contributed by atoms with Crippen LogP contribution in [0.1, 0.15) is 11.1 Å². The molecule has 24 heavy (non-hydrogen) atoms. The second kappa shape index (κ2) is 6.76. The molecule has 5 heteroatoms. The largest absolute Gasteiger partial charge is 0.784 e. The molecule has 0 aromatic heterocycles. The molecule has 0 spiro atoms. The zero-order valence-electron chi connectivity index (χ0n) is 13.4. The summed E-state index contributed by atoms with van der Waals surface area (Å²) in [6.45, 7) is 0.336. The van der Waals surface area contributed by atoms with Crippen LogP contribution >= 0.6 is 0 Å². The van der Waals surface area contributed by atoms with E-state index in [2.05, 4.69) is 17.4 Å². The van der Waals surface area contributed by atoms with Crippen molar-refractivity contribution in [1.29, 1.82) is 0 Å². The Bertz CT molecular complexity index is 710. The number of nitrogens with one attached hydrogen (secondary N) is 1. The Kier molecular flexibility index (Phi) is 4.50. The number of hydrogen-bond acceptors (Lipinski definition) is 4. The van der Waals surface area contributed by atoms with Crippen molar-refractivity contribution in [2.24, 2.45) is 0 Å². The minimum atomic E-state index is -1.03. The van der Waals surface area contributed by atoms with Gasteiger partial charge >= 0.3 is 0 Å². The minimum absolute atomic E-state index is 0.00920. The molecule has 2 heterocycles. The predicted octanol–water partition coefficient (Wildman–Crippen LogP) is 2.07. The maximum atomic E-state index is 13.2. The zero-order chi connectivity index (χ0) is 16.5. The third kappa shape index (κ3) is 2.93. The van der Waals surface area contributed by atoms with Crippen LogP contribution < -0.4 is 5.32 Å². The van der Waals surface area contributed by atoms with E-state index in [-0.39, 0.29) is 22.6 Å². The summed E-state index contributed by atoms with van der Waals surface area (Å²) in [4.78, 5) is 0. The molecule has 4 rings (SSSR count). The van der Waals surface area contributed by atoms with E-state index >= 15 is 0 Å². The van der Waals surface area contributed by atoms with Gasteiger partial charge in [0.2, 0.25) is 0 Å². The van der Waals surface area contributed by atoms with Gasteiger partial charge in [0, 0.05) is 29.6 Å². The molecule has 0 aliphatic carbocycles. The van der Waals surface area contributed by atoms with Crippen LogP contribution in [-0.4, -0.2) is 38.5 Å². The summed E-state index contributed by atoms with van der Waals surface area (Å²) in [5.41, 5.74) is 2.33. The maximum Gasteiger partial charge on any atom is 0.0560 e. The van der Waals surface area contributed by atoms with Gasteiger partial charge < -0.3 is 10.3 Å². The Morgan fingerprint density at radius 2 is 1.50 bits per heavy atom. The molecule has 0 amide bonds. The van der Waals surface area contributed by atoms with Gasteiger partial charge in [-0.05, 0) is 24.0 Å². The predicted molar refractivity (Wildman–Crippen MR) is 96.8 cm³/mol. The highest BCUT2D eigenvalue weighted by molar-refractivity contribution is 7.86. The summed E-state index contributed by atoms with van der Waals surface area (Å²) in [5, 5.41) is 16.6. The van der Waals surface area contributed by atoms with Crippen molar-refractivity contribution in [3.8, 4) is 0 Å². The Balaban J connectivity index is 1.59. The summed E-state index contributed by atoms with van der Waals surface area (Å²) in [6, 6.07) is 20.0.